The van der Waals surface area contributed by atoms with Gasteiger partial charge in [-0.15, -0.1) is 12.4 Å². The van der Waals surface area contributed by atoms with Gasteiger partial charge in [-0.2, -0.15) is 0 Å². The predicted molar refractivity (Wildman–Crippen MR) is 86.8 cm³/mol. The van der Waals surface area contributed by atoms with Gasteiger partial charge in [-0.1, -0.05) is 18.2 Å². The quantitative estimate of drug-likeness (QED) is 0.757. The molecule has 6 heteroatoms. The largest absolute Gasteiger partial charge is 0.383 e. The second-order valence-corrected chi connectivity index (χ2v) is 4.88. The van der Waals surface area contributed by atoms with Crippen molar-refractivity contribution in [2.24, 2.45) is 5.73 Å². The summed E-state index contributed by atoms with van der Waals surface area (Å²) < 4.78 is 4.86. The lowest BCUT2D eigenvalue weighted by Gasteiger charge is -2.11. The maximum Gasteiger partial charge on any atom is 0.239 e. The number of ether oxygens (including phenoxy) is 1. The van der Waals surface area contributed by atoms with E-state index < -0.39 is 6.04 Å². The van der Waals surface area contributed by atoms with E-state index in [0.29, 0.717) is 6.54 Å². The van der Waals surface area contributed by atoms with Crippen molar-refractivity contribution in [3.63, 3.8) is 0 Å². The molecule has 0 aliphatic carbocycles. The van der Waals surface area contributed by atoms with Crippen molar-refractivity contribution in [1.82, 2.24) is 10.3 Å². The van der Waals surface area contributed by atoms with Gasteiger partial charge >= 0.3 is 0 Å². The zero-order valence-corrected chi connectivity index (χ0v) is 13.1. The summed E-state index contributed by atoms with van der Waals surface area (Å²) in [5, 5.41) is 4.05. The van der Waals surface area contributed by atoms with Crippen molar-refractivity contribution in [3.8, 4) is 0 Å². The molecule has 0 saturated carbocycles. The van der Waals surface area contributed by atoms with E-state index in [-0.39, 0.29) is 24.9 Å². The second-order valence-electron chi connectivity index (χ2n) is 4.88. The van der Waals surface area contributed by atoms with Gasteiger partial charge in [-0.05, 0) is 25.0 Å². The molecule has 5 nitrogen and oxygen atoms in total. The molecular formula is C15H22ClN3O2. The molecule has 21 heavy (non-hydrogen) atoms. The minimum atomic E-state index is -0.607. The number of carbonyl (C=O) groups is 1. The summed E-state index contributed by atoms with van der Waals surface area (Å²) in [4.78, 5) is 15.0. The molecule has 1 aromatic carbocycles. The van der Waals surface area contributed by atoms with Crippen LogP contribution >= 0.6 is 12.4 Å². The summed E-state index contributed by atoms with van der Waals surface area (Å²) in [6, 6.07) is 7.56. The summed E-state index contributed by atoms with van der Waals surface area (Å²) in [6.45, 7) is 2.85. The number of benzene rings is 1. The number of H-pyrrole nitrogens is 1. The molecule has 1 aromatic heterocycles. The van der Waals surface area contributed by atoms with Crippen LogP contribution in [0.15, 0.2) is 24.3 Å². The second kappa shape index (κ2) is 8.02. The van der Waals surface area contributed by atoms with Crippen molar-refractivity contribution in [3.05, 3.63) is 35.5 Å². The number of rotatable bonds is 6. The lowest BCUT2D eigenvalue weighted by molar-refractivity contribution is -0.123. The lowest BCUT2D eigenvalue weighted by Crippen LogP contribution is -2.44. The number of aromatic nitrogens is 1. The molecule has 116 valence electrons. The molecule has 2 rings (SSSR count). The van der Waals surface area contributed by atoms with Crippen LogP contribution in [0.5, 0.6) is 0 Å². The van der Waals surface area contributed by atoms with Crippen molar-refractivity contribution in [2.45, 2.75) is 19.4 Å². The third-order valence-corrected chi connectivity index (χ3v) is 3.38. The van der Waals surface area contributed by atoms with Gasteiger partial charge in [0.05, 0.1) is 6.61 Å². The van der Waals surface area contributed by atoms with Gasteiger partial charge in [-0.25, -0.2) is 0 Å². The summed E-state index contributed by atoms with van der Waals surface area (Å²) >= 11 is 0. The Bertz CT molecular complexity index is 598. The normalized spacial score (nSPS) is 12.0. The first-order chi connectivity index (χ1) is 9.63. The highest BCUT2D eigenvalue weighted by Gasteiger charge is 2.13. The molecule has 0 bridgehead atoms. The Balaban J connectivity index is 0.00000220. The zero-order valence-electron chi connectivity index (χ0n) is 12.3. The fourth-order valence-corrected chi connectivity index (χ4v) is 2.35. The molecule has 1 amide bonds. The van der Waals surface area contributed by atoms with Crippen LogP contribution in [-0.4, -0.2) is 37.2 Å². The number of carbonyl (C=O) groups excluding carboxylic acids is 1. The number of amides is 1. The van der Waals surface area contributed by atoms with E-state index in [9.17, 15) is 4.79 Å². The zero-order chi connectivity index (χ0) is 14.5. The Hall–Kier alpha value is -1.56. The Morgan fingerprint density at radius 3 is 2.86 bits per heavy atom. The summed E-state index contributed by atoms with van der Waals surface area (Å²) in [6.07, 6.45) is 0.779. The lowest BCUT2D eigenvalue weighted by atomic mass is 10.1. The molecule has 2 aromatic rings. The molecule has 0 aliphatic heterocycles. The van der Waals surface area contributed by atoms with Crippen LogP contribution in [0.2, 0.25) is 0 Å². The average molecular weight is 312 g/mol. The minimum Gasteiger partial charge on any atom is -0.383 e. The van der Waals surface area contributed by atoms with Crippen molar-refractivity contribution in [1.29, 1.82) is 0 Å². The molecule has 0 fully saturated rings. The number of hydrogen-bond acceptors (Lipinski definition) is 3. The van der Waals surface area contributed by atoms with E-state index >= 15 is 0 Å². The highest BCUT2D eigenvalue weighted by atomic mass is 35.5. The molecule has 1 heterocycles. The third kappa shape index (κ3) is 4.20. The van der Waals surface area contributed by atoms with Gasteiger partial charge < -0.3 is 20.8 Å². The maximum absolute atomic E-state index is 11.7. The Morgan fingerprint density at radius 1 is 1.43 bits per heavy atom. The van der Waals surface area contributed by atoms with Crippen molar-refractivity contribution < 1.29 is 9.53 Å². The van der Waals surface area contributed by atoms with Crippen LogP contribution in [0.1, 0.15) is 11.3 Å². The first-order valence-electron chi connectivity index (χ1n) is 6.72. The van der Waals surface area contributed by atoms with E-state index in [2.05, 4.69) is 22.4 Å². The van der Waals surface area contributed by atoms with E-state index in [0.717, 1.165) is 17.6 Å². The standard InChI is InChI=1S/C15H21N3O2.ClH/c1-10-11(12-5-3-4-6-14(12)18-10)7-8-17-15(19)13(16)9-20-2;/h3-6,13,18H,7-9,16H2,1-2H3,(H,17,19);1H. The number of halogens is 1. The molecule has 1 atom stereocenters. The SMILES string of the molecule is COCC(N)C(=O)NCCc1c(C)[nH]c2ccccc12.Cl. The van der Waals surface area contributed by atoms with Gasteiger partial charge in [0, 0.05) is 30.3 Å². The summed E-state index contributed by atoms with van der Waals surface area (Å²) in [5.74, 6) is -0.177. The number of nitrogens with one attached hydrogen (secondary N) is 2. The third-order valence-electron chi connectivity index (χ3n) is 3.38. The number of aryl methyl sites for hydroxylation is 1. The van der Waals surface area contributed by atoms with Gasteiger partial charge in [0.2, 0.25) is 5.91 Å². The molecule has 1 unspecified atom stereocenters. The van der Waals surface area contributed by atoms with Gasteiger partial charge in [-0.3, -0.25) is 4.79 Å². The van der Waals surface area contributed by atoms with E-state index in [1.807, 2.05) is 19.1 Å². The summed E-state index contributed by atoms with van der Waals surface area (Å²) in [7, 11) is 1.53. The van der Waals surface area contributed by atoms with Crippen molar-refractivity contribution in [2.75, 3.05) is 20.3 Å². The number of hydrogen-bond donors (Lipinski definition) is 3. The molecule has 0 saturated heterocycles. The first kappa shape index (κ1) is 17.5. The monoisotopic (exact) mass is 311 g/mol. The molecule has 4 N–H and O–H groups in total. The molecule has 0 radical (unpaired) electrons. The van der Waals surface area contributed by atoms with Gasteiger partial charge in [0.15, 0.2) is 0 Å². The van der Waals surface area contributed by atoms with Crippen LogP contribution < -0.4 is 11.1 Å². The molecule has 0 aliphatic rings. The number of nitrogens with two attached hydrogens (primary N) is 1. The Kier molecular flexibility index (Phi) is 6.68. The van der Waals surface area contributed by atoms with Crippen molar-refractivity contribution >= 4 is 29.2 Å². The number of methoxy groups -OCH3 is 1. The first-order valence-corrected chi connectivity index (χ1v) is 6.72. The number of para-hydroxylation sites is 1. The average Bonchev–Trinajstić information content (AvgIpc) is 2.75. The fraction of sp³-hybridized carbons (Fsp3) is 0.400. The van der Waals surface area contributed by atoms with Gasteiger partial charge in [0.25, 0.3) is 0 Å². The van der Waals surface area contributed by atoms with E-state index in [1.165, 1.54) is 18.1 Å². The van der Waals surface area contributed by atoms with Crippen LogP contribution in [0.25, 0.3) is 10.9 Å². The minimum absolute atomic E-state index is 0. The summed E-state index contributed by atoms with van der Waals surface area (Å²) in [5.41, 5.74) is 9.17. The fourth-order valence-electron chi connectivity index (χ4n) is 2.35. The van der Waals surface area contributed by atoms with Gasteiger partial charge in [0.1, 0.15) is 6.04 Å². The Labute approximate surface area is 130 Å². The molecular weight excluding hydrogens is 290 g/mol. The topological polar surface area (TPSA) is 80.1 Å². The predicted octanol–water partition coefficient (Wildman–Crippen LogP) is 1.53. The smallest absolute Gasteiger partial charge is 0.239 e. The van der Waals surface area contributed by atoms with Crippen LogP contribution in [-0.2, 0) is 16.0 Å². The van der Waals surface area contributed by atoms with E-state index in [1.54, 1.807) is 0 Å². The number of fused-ring (bicyclic) bond motifs is 1. The maximum atomic E-state index is 11.7. The number of aromatic amines is 1. The molecule has 0 spiro atoms. The van der Waals surface area contributed by atoms with E-state index in [4.69, 9.17) is 10.5 Å². The van der Waals surface area contributed by atoms with Crippen LogP contribution in [0, 0.1) is 6.92 Å². The highest BCUT2D eigenvalue weighted by molar-refractivity contribution is 5.85. The Morgan fingerprint density at radius 2 is 2.14 bits per heavy atom. The highest BCUT2D eigenvalue weighted by Crippen LogP contribution is 2.21. The van der Waals surface area contributed by atoms with Crippen LogP contribution in [0.3, 0.4) is 0 Å². The van der Waals surface area contributed by atoms with Crippen LogP contribution in [0.4, 0.5) is 0 Å².